The molecular formula is C23H19BrN2O. The van der Waals surface area contributed by atoms with Crippen LogP contribution in [0.5, 0.6) is 5.75 Å². The van der Waals surface area contributed by atoms with Gasteiger partial charge in [0.25, 0.3) is 0 Å². The van der Waals surface area contributed by atoms with E-state index >= 15 is 0 Å². The van der Waals surface area contributed by atoms with Crippen molar-refractivity contribution in [3.05, 3.63) is 70.2 Å². The van der Waals surface area contributed by atoms with Crippen molar-refractivity contribution < 1.29 is 5.11 Å². The van der Waals surface area contributed by atoms with E-state index < -0.39 is 0 Å². The van der Waals surface area contributed by atoms with Crippen molar-refractivity contribution in [2.75, 3.05) is 13.6 Å². The smallest absolute Gasteiger partial charge is 0.129 e. The van der Waals surface area contributed by atoms with Crippen LogP contribution in [0.2, 0.25) is 0 Å². The van der Waals surface area contributed by atoms with Gasteiger partial charge >= 0.3 is 0 Å². The third kappa shape index (κ3) is 2.71. The lowest BCUT2D eigenvalue weighted by molar-refractivity contribution is 0.314. The van der Waals surface area contributed by atoms with E-state index in [0.29, 0.717) is 4.47 Å². The topological polar surface area (TPSA) is 36.4 Å². The lowest BCUT2D eigenvalue weighted by Crippen LogP contribution is -2.27. The van der Waals surface area contributed by atoms with Gasteiger partial charge in [-0.05, 0) is 75.6 Å². The van der Waals surface area contributed by atoms with Crippen molar-refractivity contribution in [3.8, 4) is 17.0 Å². The van der Waals surface area contributed by atoms with Gasteiger partial charge in [-0.3, -0.25) is 0 Å². The van der Waals surface area contributed by atoms with Crippen LogP contribution in [0.3, 0.4) is 0 Å². The number of aromatic hydroxyl groups is 1. The summed E-state index contributed by atoms with van der Waals surface area (Å²) in [7, 11) is 2.16. The highest BCUT2D eigenvalue weighted by Gasteiger charge is 2.23. The van der Waals surface area contributed by atoms with Crippen molar-refractivity contribution in [1.82, 2.24) is 9.88 Å². The Kier molecular flexibility index (Phi) is 3.92. The summed E-state index contributed by atoms with van der Waals surface area (Å²) in [5.74, 6) is 0.247. The quantitative estimate of drug-likeness (QED) is 0.414. The standard InChI is InChI=1S/C23H19BrN2O/c1-26-11-10-17-18(13-26)23(15-7-9-21(27)19(24)12-15)25-20-8-6-14-4-2-3-5-16(14)22(17)20/h2-9,12,27H,10-11,13H2,1H3. The Bertz CT molecular complexity index is 1200. The fourth-order valence-corrected chi connectivity index (χ4v) is 4.52. The maximum absolute atomic E-state index is 9.89. The van der Waals surface area contributed by atoms with E-state index in [1.165, 1.54) is 27.3 Å². The fraction of sp³-hybridized carbons (Fsp3) is 0.174. The maximum Gasteiger partial charge on any atom is 0.129 e. The molecule has 0 saturated carbocycles. The molecule has 0 aliphatic carbocycles. The average molecular weight is 419 g/mol. The predicted molar refractivity (Wildman–Crippen MR) is 114 cm³/mol. The van der Waals surface area contributed by atoms with Crippen LogP contribution in [0.1, 0.15) is 11.1 Å². The van der Waals surface area contributed by atoms with Gasteiger partial charge in [-0.15, -0.1) is 0 Å². The number of benzene rings is 3. The van der Waals surface area contributed by atoms with E-state index in [-0.39, 0.29) is 5.75 Å². The van der Waals surface area contributed by atoms with E-state index in [2.05, 4.69) is 64.3 Å². The molecule has 4 heteroatoms. The molecule has 5 rings (SSSR count). The molecule has 1 aromatic heterocycles. The molecule has 0 saturated heterocycles. The van der Waals surface area contributed by atoms with Gasteiger partial charge in [0, 0.05) is 24.0 Å². The first-order chi connectivity index (χ1) is 13.1. The first kappa shape index (κ1) is 16.7. The number of fused-ring (bicyclic) bond motifs is 5. The predicted octanol–water partition coefficient (Wildman–Crippen LogP) is 5.51. The summed E-state index contributed by atoms with van der Waals surface area (Å²) in [5.41, 5.74) is 5.79. The van der Waals surface area contributed by atoms with E-state index in [1.54, 1.807) is 6.07 Å². The summed E-state index contributed by atoms with van der Waals surface area (Å²) in [6.45, 7) is 1.93. The molecule has 0 radical (unpaired) electrons. The maximum atomic E-state index is 9.89. The van der Waals surface area contributed by atoms with Gasteiger partial charge in [0.2, 0.25) is 0 Å². The lowest BCUT2D eigenvalue weighted by atomic mass is 9.89. The van der Waals surface area contributed by atoms with Gasteiger partial charge in [-0.25, -0.2) is 4.98 Å². The summed E-state index contributed by atoms with van der Waals surface area (Å²) in [5, 5.41) is 13.7. The van der Waals surface area contributed by atoms with Crippen LogP contribution in [0.25, 0.3) is 32.9 Å². The molecule has 1 aliphatic rings. The van der Waals surface area contributed by atoms with Crippen LogP contribution in [-0.4, -0.2) is 28.6 Å². The Morgan fingerprint density at radius 1 is 1.04 bits per heavy atom. The summed E-state index contributed by atoms with van der Waals surface area (Å²) in [6, 6.07) is 18.5. The number of aromatic nitrogens is 1. The van der Waals surface area contributed by atoms with E-state index in [1.807, 2.05) is 12.1 Å². The second kappa shape index (κ2) is 6.32. The van der Waals surface area contributed by atoms with Crippen molar-refractivity contribution in [3.63, 3.8) is 0 Å². The normalized spacial score (nSPS) is 14.6. The first-order valence-electron chi connectivity index (χ1n) is 9.12. The minimum atomic E-state index is 0.247. The zero-order valence-corrected chi connectivity index (χ0v) is 16.6. The fourth-order valence-electron chi connectivity index (χ4n) is 4.14. The third-order valence-corrected chi connectivity index (χ3v) is 6.12. The number of phenolic OH excluding ortho intramolecular Hbond substituents is 1. The molecule has 0 unspecified atom stereocenters. The van der Waals surface area contributed by atoms with Crippen LogP contribution in [0.4, 0.5) is 0 Å². The van der Waals surface area contributed by atoms with E-state index in [0.717, 1.165) is 36.3 Å². The van der Waals surface area contributed by atoms with Gasteiger partial charge in [-0.2, -0.15) is 0 Å². The molecule has 4 aromatic rings. The summed E-state index contributed by atoms with van der Waals surface area (Å²) in [4.78, 5) is 7.43. The van der Waals surface area contributed by atoms with Gasteiger partial charge in [0.05, 0.1) is 15.7 Å². The highest BCUT2D eigenvalue weighted by molar-refractivity contribution is 9.10. The van der Waals surface area contributed by atoms with E-state index in [4.69, 9.17) is 4.98 Å². The summed E-state index contributed by atoms with van der Waals surface area (Å²) >= 11 is 3.45. The number of rotatable bonds is 1. The number of halogens is 1. The highest BCUT2D eigenvalue weighted by atomic mass is 79.9. The molecular weight excluding hydrogens is 400 g/mol. The Labute approximate surface area is 166 Å². The first-order valence-corrected chi connectivity index (χ1v) is 9.92. The second-order valence-corrected chi connectivity index (χ2v) is 8.11. The zero-order chi connectivity index (χ0) is 18.5. The number of hydrogen-bond donors (Lipinski definition) is 1. The molecule has 3 nitrogen and oxygen atoms in total. The molecule has 0 fully saturated rings. The minimum Gasteiger partial charge on any atom is -0.507 e. The van der Waals surface area contributed by atoms with Crippen LogP contribution in [0, 0.1) is 0 Å². The van der Waals surface area contributed by atoms with Crippen LogP contribution in [-0.2, 0) is 13.0 Å². The molecule has 0 amide bonds. The Balaban J connectivity index is 1.88. The van der Waals surface area contributed by atoms with Crippen LogP contribution in [0.15, 0.2) is 59.1 Å². The summed E-state index contributed by atoms with van der Waals surface area (Å²) in [6.07, 6.45) is 1.02. The highest BCUT2D eigenvalue weighted by Crippen LogP contribution is 2.38. The van der Waals surface area contributed by atoms with Crippen LogP contribution < -0.4 is 0 Å². The van der Waals surface area contributed by atoms with Gasteiger partial charge in [0.15, 0.2) is 0 Å². The number of phenols is 1. The molecule has 134 valence electrons. The van der Waals surface area contributed by atoms with E-state index in [9.17, 15) is 5.11 Å². The molecule has 1 aliphatic heterocycles. The van der Waals surface area contributed by atoms with Crippen molar-refractivity contribution in [2.45, 2.75) is 13.0 Å². The molecule has 0 bridgehead atoms. The Hall–Kier alpha value is -2.43. The third-order valence-electron chi connectivity index (χ3n) is 5.48. The monoisotopic (exact) mass is 418 g/mol. The molecule has 3 aromatic carbocycles. The Morgan fingerprint density at radius 3 is 2.74 bits per heavy atom. The minimum absolute atomic E-state index is 0.247. The second-order valence-electron chi connectivity index (χ2n) is 7.25. The van der Waals surface area contributed by atoms with Crippen molar-refractivity contribution >= 4 is 37.6 Å². The van der Waals surface area contributed by atoms with Gasteiger partial charge in [-0.1, -0.05) is 30.3 Å². The molecule has 27 heavy (non-hydrogen) atoms. The molecule has 0 atom stereocenters. The summed E-state index contributed by atoms with van der Waals surface area (Å²) < 4.78 is 0.693. The molecule has 0 spiro atoms. The number of nitrogens with zero attached hydrogens (tertiary/aromatic N) is 2. The lowest BCUT2D eigenvalue weighted by Gasteiger charge is -2.28. The number of likely N-dealkylation sites (N-methyl/N-ethyl adjacent to an activating group) is 1. The average Bonchev–Trinajstić information content (AvgIpc) is 2.69. The van der Waals surface area contributed by atoms with Gasteiger partial charge < -0.3 is 10.0 Å². The largest absolute Gasteiger partial charge is 0.507 e. The van der Waals surface area contributed by atoms with Gasteiger partial charge in [0.1, 0.15) is 5.75 Å². The molecule has 1 N–H and O–H groups in total. The molecule has 2 heterocycles. The zero-order valence-electron chi connectivity index (χ0n) is 15.0. The van der Waals surface area contributed by atoms with Crippen LogP contribution >= 0.6 is 15.9 Å². The number of pyridine rings is 1. The van der Waals surface area contributed by atoms with Crippen molar-refractivity contribution in [2.24, 2.45) is 0 Å². The number of hydrogen-bond acceptors (Lipinski definition) is 3. The Morgan fingerprint density at radius 2 is 1.89 bits per heavy atom. The SMILES string of the molecule is CN1CCc2c(c(-c3ccc(O)c(Br)c3)nc3ccc4ccccc4c23)C1. The van der Waals surface area contributed by atoms with Crippen molar-refractivity contribution in [1.29, 1.82) is 0 Å².